The molecule has 124 valence electrons. The molecule has 1 aromatic carbocycles. The first-order chi connectivity index (χ1) is 11.3. The molecule has 23 heavy (non-hydrogen) atoms. The van der Waals surface area contributed by atoms with Gasteiger partial charge < -0.3 is 19.9 Å². The fourth-order valence-corrected chi connectivity index (χ4v) is 2.32. The summed E-state index contributed by atoms with van der Waals surface area (Å²) in [5.41, 5.74) is 1.14. The van der Waals surface area contributed by atoms with Crippen molar-refractivity contribution >= 4 is 5.96 Å². The maximum atomic E-state index is 5.56. The maximum absolute atomic E-state index is 5.56. The number of guanidine groups is 1. The van der Waals surface area contributed by atoms with Crippen LogP contribution in [0.5, 0.6) is 0 Å². The highest BCUT2D eigenvalue weighted by molar-refractivity contribution is 5.79. The fraction of sp³-hybridized carbons (Fsp3) is 0.389. The van der Waals surface area contributed by atoms with Crippen LogP contribution in [0.1, 0.15) is 18.6 Å². The molecule has 5 heteroatoms. The molecule has 0 saturated heterocycles. The van der Waals surface area contributed by atoms with E-state index in [9.17, 15) is 0 Å². The van der Waals surface area contributed by atoms with Gasteiger partial charge in [0.05, 0.1) is 6.54 Å². The molecule has 0 aliphatic heterocycles. The molecule has 1 heterocycles. The van der Waals surface area contributed by atoms with Crippen molar-refractivity contribution in [3.05, 3.63) is 60.4 Å². The molecule has 5 nitrogen and oxygen atoms in total. The molecule has 1 aromatic heterocycles. The average molecular weight is 314 g/mol. The van der Waals surface area contributed by atoms with Crippen molar-refractivity contribution in [3.63, 3.8) is 0 Å². The summed E-state index contributed by atoms with van der Waals surface area (Å²) in [5, 5.41) is 6.62. The normalized spacial score (nSPS) is 12.9. The van der Waals surface area contributed by atoms with Gasteiger partial charge >= 0.3 is 0 Å². The van der Waals surface area contributed by atoms with Crippen LogP contribution >= 0.6 is 0 Å². The van der Waals surface area contributed by atoms with Crippen molar-refractivity contribution in [1.82, 2.24) is 15.2 Å². The van der Waals surface area contributed by atoms with Crippen molar-refractivity contribution in [2.75, 3.05) is 26.7 Å². The predicted molar refractivity (Wildman–Crippen MR) is 94.6 cm³/mol. The van der Waals surface area contributed by atoms with Gasteiger partial charge in [0.25, 0.3) is 0 Å². The monoisotopic (exact) mass is 314 g/mol. The number of nitrogens with one attached hydrogen (secondary N) is 2. The molecule has 0 fully saturated rings. The van der Waals surface area contributed by atoms with Crippen LogP contribution in [0.3, 0.4) is 0 Å². The zero-order valence-corrected chi connectivity index (χ0v) is 13.9. The van der Waals surface area contributed by atoms with Gasteiger partial charge in [0, 0.05) is 39.1 Å². The number of benzene rings is 1. The fourth-order valence-electron chi connectivity index (χ4n) is 2.32. The highest BCUT2D eigenvalue weighted by atomic mass is 16.5. The molecule has 0 bridgehead atoms. The van der Waals surface area contributed by atoms with Crippen molar-refractivity contribution in [2.45, 2.75) is 19.6 Å². The third kappa shape index (κ3) is 5.79. The number of ether oxygens (including phenoxy) is 1. The Kier molecular flexibility index (Phi) is 7.20. The number of aromatic nitrogens is 1. The quantitative estimate of drug-likeness (QED) is 0.581. The molecular formula is C18H26N4O. The molecule has 0 radical (unpaired) electrons. The van der Waals surface area contributed by atoms with E-state index in [-0.39, 0.29) is 6.10 Å². The lowest BCUT2D eigenvalue weighted by molar-refractivity contribution is 0.111. The minimum atomic E-state index is -0.0314. The maximum Gasteiger partial charge on any atom is 0.191 e. The van der Waals surface area contributed by atoms with E-state index in [1.54, 1.807) is 7.11 Å². The van der Waals surface area contributed by atoms with Gasteiger partial charge in [-0.3, -0.25) is 4.99 Å². The van der Waals surface area contributed by atoms with Gasteiger partial charge in [0.2, 0.25) is 0 Å². The van der Waals surface area contributed by atoms with Gasteiger partial charge in [0.1, 0.15) is 6.10 Å². The van der Waals surface area contributed by atoms with Crippen LogP contribution in [-0.2, 0) is 11.3 Å². The van der Waals surface area contributed by atoms with Gasteiger partial charge in [-0.1, -0.05) is 30.3 Å². The summed E-state index contributed by atoms with van der Waals surface area (Å²) in [7, 11) is 1.72. The number of rotatable bonds is 8. The lowest BCUT2D eigenvalue weighted by Gasteiger charge is -2.16. The number of aliphatic imine (C=N–C) groups is 1. The molecule has 0 aliphatic rings. The van der Waals surface area contributed by atoms with E-state index in [4.69, 9.17) is 4.74 Å². The number of nitrogens with zero attached hydrogens (tertiary/aromatic N) is 2. The predicted octanol–water partition coefficient (Wildman–Crippen LogP) is 2.43. The van der Waals surface area contributed by atoms with Gasteiger partial charge in [-0.2, -0.15) is 0 Å². The first-order valence-electron chi connectivity index (χ1n) is 8.04. The number of methoxy groups -OCH3 is 1. The second-order valence-electron chi connectivity index (χ2n) is 5.20. The Morgan fingerprint density at radius 2 is 1.87 bits per heavy atom. The van der Waals surface area contributed by atoms with E-state index in [0.717, 1.165) is 31.2 Å². The van der Waals surface area contributed by atoms with E-state index < -0.39 is 0 Å². The van der Waals surface area contributed by atoms with Gasteiger partial charge in [0.15, 0.2) is 5.96 Å². The van der Waals surface area contributed by atoms with Crippen molar-refractivity contribution in [3.8, 4) is 0 Å². The molecule has 2 rings (SSSR count). The number of hydrogen-bond acceptors (Lipinski definition) is 2. The van der Waals surface area contributed by atoms with Crippen molar-refractivity contribution < 1.29 is 4.74 Å². The van der Waals surface area contributed by atoms with Gasteiger partial charge in [-0.25, -0.2) is 0 Å². The molecule has 0 spiro atoms. The minimum Gasteiger partial charge on any atom is -0.375 e. The molecule has 2 aromatic rings. The van der Waals surface area contributed by atoms with E-state index in [1.807, 2.05) is 30.3 Å². The molecule has 0 aliphatic carbocycles. The van der Waals surface area contributed by atoms with E-state index in [0.29, 0.717) is 6.54 Å². The zero-order chi connectivity index (χ0) is 16.3. The second kappa shape index (κ2) is 9.69. The Labute approximate surface area is 138 Å². The Morgan fingerprint density at radius 1 is 1.13 bits per heavy atom. The standard InChI is InChI=1S/C18H26N4O/c1-3-19-18(20-11-14-22-12-7-8-13-22)21-15-17(23-2)16-9-5-4-6-10-16/h4-10,12-13,17H,3,11,14-15H2,1-2H3,(H2,19,20,21). The highest BCUT2D eigenvalue weighted by Crippen LogP contribution is 2.16. The summed E-state index contributed by atoms with van der Waals surface area (Å²) in [6.07, 6.45) is 4.08. The van der Waals surface area contributed by atoms with Crippen LogP contribution in [0, 0.1) is 0 Å². The first kappa shape index (κ1) is 17.1. The minimum absolute atomic E-state index is 0.0314. The van der Waals surface area contributed by atoms with Gasteiger partial charge in [-0.05, 0) is 24.6 Å². The van der Waals surface area contributed by atoms with Crippen LogP contribution in [-0.4, -0.2) is 37.3 Å². The summed E-state index contributed by atoms with van der Waals surface area (Å²) < 4.78 is 7.70. The summed E-state index contributed by atoms with van der Waals surface area (Å²) in [6, 6.07) is 14.2. The van der Waals surface area contributed by atoms with Crippen LogP contribution in [0.4, 0.5) is 0 Å². The molecule has 0 amide bonds. The average Bonchev–Trinajstić information content (AvgIpc) is 3.10. The highest BCUT2D eigenvalue weighted by Gasteiger charge is 2.09. The first-order valence-corrected chi connectivity index (χ1v) is 8.04. The summed E-state index contributed by atoms with van der Waals surface area (Å²) in [4.78, 5) is 4.64. The molecule has 1 atom stereocenters. The second-order valence-corrected chi connectivity index (χ2v) is 5.20. The summed E-state index contributed by atoms with van der Waals surface area (Å²) >= 11 is 0. The molecular weight excluding hydrogens is 288 g/mol. The van der Waals surface area contributed by atoms with Gasteiger partial charge in [-0.15, -0.1) is 0 Å². The smallest absolute Gasteiger partial charge is 0.191 e. The Hall–Kier alpha value is -2.27. The lowest BCUT2D eigenvalue weighted by atomic mass is 10.1. The van der Waals surface area contributed by atoms with E-state index >= 15 is 0 Å². The summed E-state index contributed by atoms with van der Waals surface area (Å²) in [5.74, 6) is 0.817. The SMILES string of the molecule is CCNC(=NCC(OC)c1ccccc1)NCCn1cccc1. The molecule has 0 saturated carbocycles. The van der Waals surface area contributed by atoms with Crippen LogP contribution in [0.2, 0.25) is 0 Å². The van der Waals surface area contributed by atoms with Crippen molar-refractivity contribution in [1.29, 1.82) is 0 Å². The van der Waals surface area contributed by atoms with Crippen molar-refractivity contribution in [2.24, 2.45) is 4.99 Å². The summed E-state index contributed by atoms with van der Waals surface area (Å²) in [6.45, 7) is 5.21. The number of hydrogen-bond donors (Lipinski definition) is 2. The third-order valence-electron chi connectivity index (χ3n) is 3.54. The Bertz CT molecular complexity index is 566. The van der Waals surface area contributed by atoms with Crippen LogP contribution < -0.4 is 10.6 Å². The topological polar surface area (TPSA) is 50.6 Å². The largest absolute Gasteiger partial charge is 0.375 e. The lowest BCUT2D eigenvalue weighted by Crippen LogP contribution is -2.39. The Balaban J connectivity index is 1.88. The zero-order valence-electron chi connectivity index (χ0n) is 13.9. The van der Waals surface area contributed by atoms with E-state index in [2.05, 4.69) is 51.6 Å². The van der Waals surface area contributed by atoms with Crippen LogP contribution in [0.15, 0.2) is 59.9 Å². The Morgan fingerprint density at radius 3 is 2.52 bits per heavy atom. The van der Waals surface area contributed by atoms with Crippen LogP contribution in [0.25, 0.3) is 0 Å². The third-order valence-corrected chi connectivity index (χ3v) is 3.54. The molecule has 1 unspecified atom stereocenters. The molecule has 2 N–H and O–H groups in total. The van der Waals surface area contributed by atoms with E-state index in [1.165, 1.54) is 0 Å².